The topological polar surface area (TPSA) is 118 Å². The molecule has 1 aromatic heterocycles. The van der Waals surface area contributed by atoms with Gasteiger partial charge in [0.1, 0.15) is 10.9 Å². The summed E-state index contributed by atoms with van der Waals surface area (Å²) in [5.74, 6) is -1.58. The summed E-state index contributed by atoms with van der Waals surface area (Å²) in [4.78, 5) is 24.3. The van der Waals surface area contributed by atoms with Crippen LogP contribution in [0.2, 0.25) is 0 Å². The van der Waals surface area contributed by atoms with Gasteiger partial charge in [-0.2, -0.15) is 0 Å². The first-order valence-electron chi connectivity index (χ1n) is 8.62. The summed E-state index contributed by atoms with van der Waals surface area (Å²) in [7, 11) is -3.35. The fraction of sp³-hybridized carbons (Fsp3) is 0.158. The summed E-state index contributed by atoms with van der Waals surface area (Å²) in [5.41, 5.74) is 1.66. The first-order chi connectivity index (χ1) is 14.2. The van der Waals surface area contributed by atoms with Crippen molar-refractivity contribution in [2.45, 2.75) is 5.75 Å². The molecule has 0 bridgehead atoms. The monoisotopic (exact) mass is 464 g/mol. The Hall–Kier alpha value is -2.82. The Morgan fingerprint density at radius 1 is 1.07 bits per heavy atom. The summed E-state index contributed by atoms with van der Waals surface area (Å²) < 4.78 is 23.3. The van der Waals surface area contributed by atoms with Crippen molar-refractivity contribution in [2.24, 2.45) is 0 Å². The molecule has 0 aliphatic carbocycles. The molecular weight excluding hydrogens is 448 g/mol. The number of sulfone groups is 1. The molecule has 30 heavy (non-hydrogen) atoms. The molecule has 8 nitrogen and oxygen atoms in total. The highest BCUT2D eigenvalue weighted by molar-refractivity contribution is 7.89. The third-order valence-electron chi connectivity index (χ3n) is 3.85. The average molecular weight is 465 g/mol. The fourth-order valence-electron chi connectivity index (χ4n) is 2.57. The van der Waals surface area contributed by atoms with Gasteiger partial charge in [0.25, 0.3) is 5.91 Å². The first kappa shape index (κ1) is 21.9. The van der Waals surface area contributed by atoms with Crippen LogP contribution >= 0.6 is 22.9 Å². The van der Waals surface area contributed by atoms with Gasteiger partial charge in [0.05, 0.1) is 5.75 Å². The fourth-order valence-corrected chi connectivity index (χ4v) is 4.19. The molecule has 0 aliphatic rings. The van der Waals surface area contributed by atoms with Crippen molar-refractivity contribution in [1.82, 2.24) is 10.2 Å². The van der Waals surface area contributed by atoms with Crippen LogP contribution < -0.4 is 10.6 Å². The number of nitrogens with zero attached hydrogens (tertiary/aromatic N) is 2. The smallest absolute Gasteiger partial charge is 0.257 e. The molecule has 0 aliphatic heterocycles. The van der Waals surface area contributed by atoms with Gasteiger partial charge in [0, 0.05) is 23.1 Å². The SMILES string of the molecule is CS(=O)(=O)Cc1ccc(C(=O)Nc2nnc(-c3ccccc3)s2)cc1NC(=O)CCl. The third kappa shape index (κ3) is 5.85. The molecule has 2 aromatic carbocycles. The number of amides is 2. The van der Waals surface area contributed by atoms with E-state index in [1.165, 1.54) is 29.5 Å². The molecular formula is C19H17ClN4O4S2. The number of rotatable bonds is 7. The summed E-state index contributed by atoms with van der Waals surface area (Å²) in [6.45, 7) is 0. The second kappa shape index (κ2) is 9.33. The van der Waals surface area contributed by atoms with Crippen LogP contribution in [0.4, 0.5) is 10.8 Å². The maximum absolute atomic E-state index is 12.6. The molecule has 0 unspecified atom stereocenters. The number of alkyl halides is 1. The van der Waals surface area contributed by atoms with Gasteiger partial charge < -0.3 is 5.32 Å². The van der Waals surface area contributed by atoms with E-state index >= 15 is 0 Å². The van der Waals surface area contributed by atoms with Gasteiger partial charge in [-0.15, -0.1) is 21.8 Å². The standard InChI is InChI=1S/C19H17ClN4O4S2/c1-30(27,28)11-14-8-7-13(9-15(14)21-16(25)10-20)17(26)22-19-24-23-18(29-19)12-5-3-2-4-6-12/h2-9H,10-11H2,1H3,(H,21,25)(H,22,24,26). The summed E-state index contributed by atoms with van der Waals surface area (Å²) in [6, 6.07) is 13.8. The third-order valence-corrected chi connectivity index (χ3v) is 5.82. The number of nitrogens with one attached hydrogen (secondary N) is 2. The minimum atomic E-state index is -3.35. The van der Waals surface area contributed by atoms with Crippen LogP contribution in [0, 0.1) is 0 Å². The zero-order valence-electron chi connectivity index (χ0n) is 15.8. The van der Waals surface area contributed by atoms with E-state index in [-0.39, 0.29) is 22.9 Å². The van der Waals surface area contributed by atoms with Crippen molar-refractivity contribution in [3.63, 3.8) is 0 Å². The lowest BCUT2D eigenvalue weighted by Crippen LogP contribution is -2.17. The lowest BCUT2D eigenvalue weighted by Gasteiger charge is -2.12. The quantitative estimate of drug-likeness (QED) is 0.518. The zero-order valence-corrected chi connectivity index (χ0v) is 18.1. The molecule has 2 amide bonds. The number of aromatic nitrogens is 2. The van der Waals surface area contributed by atoms with E-state index in [9.17, 15) is 18.0 Å². The van der Waals surface area contributed by atoms with Crippen molar-refractivity contribution in [1.29, 1.82) is 0 Å². The molecule has 0 atom stereocenters. The lowest BCUT2D eigenvalue weighted by molar-refractivity contribution is -0.113. The lowest BCUT2D eigenvalue weighted by atomic mass is 10.1. The van der Waals surface area contributed by atoms with Crippen molar-refractivity contribution in [3.8, 4) is 10.6 Å². The van der Waals surface area contributed by atoms with E-state index in [4.69, 9.17) is 11.6 Å². The average Bonchev–Trinajstić information content (AvgIpc) is 3.17. The number of benzene rings is 2. The molecule has 156 valence electrons. The van der Waals surface area contributed by atoms with Crippen LogP contribution in [0.1, 0.15) is 15.9 Å². The predicted octanol–water partition coefficient (Wildman–Crippen LogP) is 3.18. The van der Waals surface area contributed by atoms with Gasteiger partial charge in [-0.25, -0.2) is 8.42 Å². The molecule has 3 rings (SSSR count). The minimum Gasteiger partial charge on any atom is -0.325 e. The number of anilines is 2. The molecule has 3 aromatic rings. The molecule has 0 saturated carbocycles. The minimum absolute atomic E-state index is 0.209. The summed E-state index contributed by atoms with van der Waals surface area (Å²) in [6.07, 6.45) is 1.08. The highest BCUT2D eigenvalue weighted by atomic mass is 35.5. The summed E-state index contributed by atoms with van der Waals surface area (Å²) in [5, 5.41) is 14.2. The number of carbonyl (C=O) groups excluding carboxylic acids is 2. The van der Waals surface area contributed by atoms with Gasteiger partial charge in [-0.3, -0.25) is 14.9 Å². The Bertz CT molecular complexity index is 1180. The Balaban J connectivity index is 1.82. The molecule has 0 radical (unpaired) electrons. The van der Waals surface area contributed by atoms with E-state index in [2.05, 4.69) is 20.8 Å². The van der Waals surface area contributed by atoms with Crippen LogP contribution in [-0.2, 0) is 20.4 Å². The zero-order chi connectivity index (χ0) is 21.7. The molecule has 1 heterocycles. The van der Waals surface area contributed by atoms with Crippen LogP contribution in [0.3, 0.4) is 0 Å². The Morgan fingerprint density at radius 2 is 1.80 bits per heavy atom. The van der Waals surface area contributed by atoms with E-state index in [1.807, 2.05) is 30.3 Å². The maximum atomic E-state index is 12.6. The second-order valence-corrected chi connectivity index (χ2v) is 9.74. The number of carbonyl (C=O) groups is 2. The number of hydrogen-bond acceptors (Lipinski definition) is 7. The number of halogens is 1. The van der Waals surface area contributed by atoms with E-state index in [1.54, 1.807) is 0 Å². The molecule has 0 spiro atoms. The Kier molecular flexibility index (Phi) is 6.80. The predicted molar refractivity (Wildman–Crippen MR) is 118 cm³/mol. The highest BCUT2D eigenvalue weighted by Gasteiger charge is 2.16. The molecule has 11 heteroatoms. The van der Waals surface area contributed by atoms with Gasteiger partial charge in [-0.05, 0) is 17.7 Å². The number of hydrogen-bond donors (Lipinski definition) is 2. The Labute approximate surface area is 182 Å². The highest BCUT2D eigenvalue weighted by Crippen LogP contribution is 2.27. The van der Waals surface area contributed by atoms with Crippen LogP contribution in [0.5, 0.6) is 0 Å². The maximum Gasteiger partial charge on any atom is 0.257 e. The van der Waals surface area contributed by atoms with E-state index in [0.717, 1.165) is 11.8 Å². The normalized spacial score (nSPS) is 11.1. The van der Waals surface area contributed by atoms with E-state index < -0.39 is 21.7 Å². The van der Waals surface area contributed by atoms with Gasteiger partial charge in [0.15, 0.2) is 9.84 Å². The Morgan fingerprint density at radius 3 is 2.47 bits per heavy atom. The second-order valence-electron chi connectivity index (χ2n) is 6.36. The van der Waals surface area contributed by atoms with Crippen LogP contribution in [0.25, 0.3) is 10.6 Å². The van der Waals surface area contributed by atoms with Gasteiger partial charge in [0.2, 0.25) is 11.0 Å². The first-order valence-corrected chi connectivity index (χ1v) is 12.0. The van der Waals surface area contributed by atoms with Crippen molar-refractivity contribution in [2.75, 3.05) is 22.8 Å². The van der Waals surface area contributed by atoms with Crippen molar-refractivity contribution < 1.29 is 18.0 Å². The van der Waals surface area contributed by atoms with E-state index in [0.29, 0.717) is 15.7 Å². The van der Waals surface area contributed by atoms with Crippen LogP contribution in [-0.4, -0.2) is 42.6 Å². The molecule has 0 fully saturated rings. The van der Waals surface area contributed by atoms with Gasteiger partial charge >= 0.3 is 0 Å². The largest absolute Gasteiger partial charge is 0.325 e. The van der Waals surface area contributed by atoms with Crippen molar-refractivity contribution in [3.05, 3.63) is 59.7 Å². The molecule has 0 saturated heterocycles. The molecule has 2 N–H and O–H groups in total. The van der Waals surface area contributed by atoms with Gasteiger partial charge in [-0.1, -0.05) is 47.7 Å². The van der Waals surface area contributed by atoms with Crippen LogP contribution in [0.15, 0.2) is 48.5 Å². The summed E-state index contributed by atoms with van der Waals surface area (Å²) >= 11 is 6.74. The van der Waals surface area contributed by atoms with Crippen molar-refractivity contribution >= 4 is 55.4 Å².